The summed E-state index contributed by atoms with van der Waals surface area (Å²) in [4.78, 5) is 23.2. The summed E-state index contributed by atoms with van der Waals surface area (Å²) >= 11 is 0. The van der Waals surface area contributed by atoms with Gasteiger partial charge in [-0.3, -0.25) is 4.98 Å². The van der Waals surface area contributed by atoms with Gasteiger partial charge in [-0.25, -0.2) is 14.3 Å². The third-order valence-corrected chi connectivity index (χ3v) is 5.50. The van der Waals surface area contributed by atoms with Gasteiger partial charge in [0.25, 0.3) is 0 Å². The van der Waals surface area contributed by atoms with Crippen molar-refractivity contribution in [1.29, 1.82) is 0 Å². The largest absolute Gasteiger partial charge is 0.364 e. The third kappa shape index (κ3) is 3.37. The summed E-state index contributed by atoms with van der Waals surface area (Å²) in [7, 11) is 0. The number of carbonyl (C=O) groups excluding carboxylic acids is 1. The number of nitrogens with one attached hydrogen (secondary N) is 2. The van der Waals surface area contributed by atoms with Crippen LogP contribution >= 0.6 is 0 Å². The van der Waals surface area contributed by atoms with Gasteiger partial charge in [-0.1, -0.05) is 0 Å². The lowest BCUT2D eigenvalue weighted by atomic mass is 9.96. The summed E-state index contributed by atoms with van der Waals surface area (Å²) in [6.45, 7) is 1.36. The molecule has 2 aliphatic rings. The molecule has 8 nitrogen and oxygen atoms in total. The Kier molecular flexibility index (Phi) is 4.31. The number of aryl methyl sites for hydroxylation is 2. The molecule has 0 saturated carbocycles. The molecule has 3 aromatic heterocycles. The van der Waals surface area contributed by atoms with E-state index in [1.165, 1.54) is 24.1 Å². The molecule has 0 unspecified atom stereocenters. The van der Waals surface area contributed by atoms with Crippen LogP contribution in [0.5, 0.6) is 0 Å². The van der Waals surface area contributed by atoms with Crippen molar-refractivity contribution in [2.75, 3.05) is 23.7 Å². The van der Waals surface area contributed by atoms with Crippen molar-refractivity contribution in [3.63, 3.8) is 0 Å². The first-order valence-corrected chi connectivity index (χ1v) is 9.85. The molecule has 5 rings (SSSR count). The van der Waals surface area contributed by atoms with Crippen LogP contribution < -0.4 is 10.6 Å². The van der Waals surface area contributed by atoms with E-state index in [-0.39, 0.29) is 12.1 Å². The lowest BCUT2D eigenvalue weighted by molar-refractivity contribution is 0.222. The normalized spacial score (nSPS) is 18.9. The van der Waals surface area contributed by atoms with E-state index < -0.39 is 0 Å². The van der Waals surface area contributed by atoms with Crippen molar-refractivity contribution in [2.45, 2.75) is 38.1 Å². The molecule has 28 heavy (non-hydrogen) atoms. The van der Waals surface area contributed by atoms with E-state index in [1.54, 1.807) is 16.9 Å². The minimum atomic E-state index is -0.0696. The van der Waals surface area contributed by atoms with Crippen LogP contribution in [0.15, 0.2) is 36.8 Å². The maximum atomic E-state index is 12.7. The zero-order valence-electron chi connectivity index (χ0n) is 15.6. The third-order valence-electron chi connectivity index (χ3n) is 5.50. The number of rotatable bonds is 3. The van der Waals surface area contributed by atoms with Gasteiger partial charge in [-0.05, 0) is 55.9 Å². The Labute approximate surface area is 163 Å². The molecular weight excluding hydrogens is 354 g/mol. The van der Waals surface area contributed by atoms with E-state index in [0.29, 0.717) is 6.54 Å². The number of amides is 2. The Bertz CT molecular complexity index is 1010. The molecule has 2 amide bonds. The summed E-state index contributed by atoms with van der Waals surface area (Å²) < 4.78 is 1.74. The zero-order valence-corrected chi connectivity index (χ0v) is 15.6. The minimum Gasteiger partial charge on any atom is -0.364 e. The highest BCUT2D eigenvalue weighted by Crippen LogP contribution is 2.23. The number of carbonyl (C=O) groups is 1. The van der Waals surface area contributed by atoms with Crippen LogP contribution in [0.1, 0.15) is 30.5 Å². The van der Waals surface area contributed by atoms with Gasteiger partial charge in [0.05, 0.1) is 11.9 Å². The molecule has 8 heteroatoms. The number of likely N-dealkylation sites (tertiary alicyclic amines) is 1. The van der Waals surface area contributed by atoms with Crippen LogP contribution in [0.4, 0.5) is 16.3 Å². The highest BCUT2D eigenvalue weighted by molar-refractivity contribution is 5.89. The fraction of sp³-hybridized carbons (Fsp3) is 0.400. The Morgan fingerprint density at radius 1 is 1.18 bits per heavy atom. The first kappa shape index (κ1) is 17.0. The van der Waals surface area contributed by atoms with E-state index in [9.17, 15) is 4.79 Å². The molecule has 2 N–H and O–H groups in total. The highest BCUT2D eigenvalue weighted by atomic mass is 16.2. The van der Waals surface area contributed by atoms with E-state index in [2.05, 4.69) is 31.8 Å². The summed E-state index contributed by atoms with van der Waals surface area (Å²) in [6, 6.07) is 6.04. The maximum absolute atomic E-state index is 12.7. The van der Waals surface area contributed by atoms with Crippen LogP contribution in [0.2, 0.25) is 0 Å². The molecule has 1 atom stereocenters. The quantitative estimate of drug-likeness (QED) is 0.733. The van der Waals surface area contributed by atoms with E-state index >= 15 is 0 Å². The van der Waals surface area contributed by atoms with Crippen molar-refractivity contribution >= 4 is 23.2 Å². The van der Waals surface area contributed by atoms with Gasteiger partial charge >= 0.3 is 6.03 Å². The Hall–Kier alpha value is -3.16. The second-order valence-electron chi connectivity index (χ2n) is 7.49. The molecule has 3 aromatic rings. The number of hydrogen-bond donors (Lipinski definition) is 2. The Morgan fingerprint density at radius 3 is 3.07 bits per heavy atom. The molecule has 1 fully saturated rings. The molecule has 4 heterocycles. The zero-order chi connectivity index (χ0) is 18.9. The average molecular weight is 377 g/mol. The van der Waals surface area contributed by atoms with Gasteiger partial charge in [-0.2, -0.15) is 0 Å². The number of anilines is 2. The van der Waals surface area contributed by atoms with Gasteiger partial charge in [0.15, 0.2) is 5.65 Å². The summed E-state index contributed by atoms with van der Waals surface area (Å²) in [5.74, 6) is 0.789. The smallest absolute Gasteiger partial charge is 0.321 e. The van der Waals surface area contributed by atoms with Crippen LogP contribution in [-0.4, -0.2) is 49.6 Å². The van der Waals surface area contributed by atoms with Gasteiger partial charge in [0, 0.05) is 37.2 Å². The average Bonchev–Trinajstić information content (AvgIpc) is 3.37. The molecule has 144 valence electrons. The predicted molar refractivity (Wildman–Crippen MR) is 106 cm³/mol. The maximum Gasteiger partial charge on any atom is 0.321 e. The number of nitrogens with zero attached hydrogens (tertiary/aromatic N) is 5. The second kappa shape index (κ2) is 7.10. The SMILES string of the molecule is O=C(Nc1cnc2c(c1)CCCC2)N1CC[C@H](Nc2ccc3nccn3n2)C1. The molecule has 0 radical (unpaired) electrons. The second-order valence-corrected chi connectivity index (χ2v) is 7.49. The molecule has 1 saturated heterocycles. The lowest BCUT2D eigenvalue weighted by Gasteiger charge is -2.19. The van der Waals surface area contributed by atoms with E-state index in [4.69, 9.17) is 0 Å². The summed E-state index contributed by atoms with van der Waals surface area (Å²) in [6.07, 6.45) is 10.7. The van der Waals surface area contributed by atoms with Gasteiger partial charge in [-0.15, -0.1) is 5.10 Å². The summed E-state index contributed by atoms with van der Waals surface area (Å²) in [5, 5.41) is 10.9. The Morgan fingerprint density at radius 2 is 2.11 bits per heavy atom. The number of fused-ring (bicyclic) bond motifs is 2. The van der Waals surface area contributed by atoms with Crippen molar-refractivity contribution < 1.29 is 4.79 Å². The molecular formula is C20H23N7O. The topological polar surface area (TPSA) is 87.5 Å². The molecule has 1 aliphatic heterocycles. The van der Waals surface area contributed by atoms with Crippen molar-refractivity contribution in [3.8, 4) is 0 Å². The van der Waals surface area contributed by atoms with Crippen LogP contribution in [0.25, 0.3) is 5.65 Å². The summed E-state index contributed by atoms with van der Waals surface area (Å²) in [5.41, 5.74) is 4.05. The number of hydrogen-bond acceptors (Lipinski definition) is 5. The molecule has 0 aromatic carbocycles. The van der Waals surface area contributed by atoms with E-state index in [1.807, 2.05) is 23.2 Å². The van der Waals surface area contributed by atoms with Crippen LogP contribution in [0, 0.1) is 0 Å². The monoisotopic (exact) mass is 377 g/mol. The van der Waals surface area contributed by atoms with Crippen molar-refractivity contribution in [3.05, 3.63) is 48.0 Å². The molecule has 1 aliphatic carbocycles. The predicted octanol–water partition coefficient (Wildman–Crippen LogP) is 2.72. The number of urea groups is 1. The first-order chi connectivity index (χ1) is 13.7. The number of aromatic nitrogens is 4. The number of pyridine rings is 1. The molecule has 0 spiro atoms. The van der Waals surface area contributed by atoms with Crippen molar-refractivity contribution in [2.24, 2.45) is 0 Å². The Balaban J connectivity index is 1.20. The fourth-order valence-corrected chi connectivity index (χ4v) is 4.02. The van der Waals surface area contributed by atoms with Gasteiger partial charge in [0.2, 0.25) is 0 Å². The van der Waals surface area contributed by atoms with Crippen molar-refractivity contribution in [1.82, 2.24) is 24.5 Å². The van der Waals surface area contributed by atoms with Gasteiger partial charge < -0.3 is 15.5 Å². The van der Waals surface area contributed by atoms with Crippen LogP contribution in [0.3, 0.4) is 0 Å². The van der Waals surface area contributed by atoms with Crippen LogP contribution in [-0.2, 0) is 12.8 Å². The fourth-order valence-electron chi connectivity index (χ4n) is 4.02. The lowest BCUT2D eigenvalue weighted by Crippen LogP contribution is -2.35. The minimum absolute atomic E-state index is 0.0696. The number of imidazole rings is 1. The first-order valence-electron chi connectivity index (χ1n) is 9.85. The van der Waals surface area contributed by atoms with E-state index in [0.717, 1.165) is 43.0 Å². The van der Waals surface area contributed by atoms with Gasteiger partial charge in [0.1, 0.15) is 5.82 Å². The standard InChI is InChI=1S/C20H23N7O/c28-20(24-16-11-14-3-1-2-4-17(14)22-12-16)26-9-7-15(13-26)23-18-5-6-19-21-8-10-27(19)25-18/h5-6,8,10-12,15H,1-4,7,9,13H2,(H,23,25)(H,24,28)/t15-/m0/s1. The molecule has 0 bridgehead atoms. The highest BCUT2D eigenvalue weighted by Gasteiger charge is 2.27.